The first-order valence-electron chi connectivity index (χ1n) is 4.29. The van der Waals surface area contributed by atoms with Crippen molar-refractivity contribution in [3.63, 3.8) is 0 Å². The SMILES string of the molecule is C=CC1=C(/C=C\C)C(NC)CS1=O. The van der Waals surface area contributed by atoms with Crippen LogP contribution < -0.4 is 5.32 Å². The van der Waals surface area contributed by atoms with Crippen LogP contribution >= 0.6 is 0 Å². The molecule has 1 N–H and O–H groups in total. The lowest BCUT2D eigenvalue weighted by Gasteiger charge is -2.08. The lowest BCUT2D eigenvalue weighted by Crippen LogP contribution is -2.27. The average molecular weight is 197 g/mol. The van der Waals surface area contributed by atoms with Gasteiger partial charge in [-0.2, -0.15) is 0 Å². The van der Waals surface area contributed by atoms with E-state index in [9.17, 15) is 4.21 Å². The van der Waals surface area contributed by atoms with Crippen LogP contribution in [0, 0.1) is 0 Å². The maximum absolute atomic E-state index is 11.6. The summed E-state index contributed by atoms with van der Waals surface area (Å²) in [5.74, 6) is 0.664. The molecule has 0 saturated carbocycles. The first-order valence-corrected chi connectivity index (χ1v) is 5.61. The van der Waals surface area contributed by atoms with Crippen LogP contribution in [0.3, 0.4) is 0 Å². The van der Waals surface area contributed by atoms with Gasteiger partial charge in [-0.05, 0) is 19.5 Å². The molecule has 0 aliphatic carbocycles. The molecule has 0 aromatic rings. The molecule has 1 aliphatic rings. The molecule has 0 aromatic carbocycles. The highest BCUT2D eigenvalue weighted by atomic mass is 32.2. The Morgan fingerprint density at radius 1 is 1.69 bits per heavy atom. The third-order valence-corrected chi connectivity index (χ3v) is 3.63. The van der Waals surface area contributed by atoms with Crippen LogP contribution in [0.1, 0.15) is 6.92 Å². The molecule has 0 amide bonds. The van der Waals surface area contributed by atoms with Gasteiger partial charge >= 0.3 is 0 Å². The molecule has 0 radical (unpaired) electrons. The zero-order valence-corrected chi connectivity index (χ0v) is 8.86. The topological polar surface area (TPSA) is 29.1 Å². The summed E-state index contributed by atoms with van der Waals surface area (Å²) in [5.41, 5.74) is 1.11. The van der Waals surface area contributed by atoms with E-state index in [-0.39, 0.29) is 6.04 Å². The Morgan fingerprint density at radius 3 is 2.85 bits per heavy atom. The highest BCUT2D eigenvalue weighted by Crippen LogP contribution is 2.24. The highest BCUT2D eigenvalue weighted by Gasteiger charge is 2.26. The minimum Gasteiger partial charge on any atom is -0.312 e. The van der Waals surface area contributed by atoms with Crippen molar-refractivity contribution >= 4 is 10.8 Å². The van der Waals surface area contributed by atoms with E-state index >= 15 is 0 Å². The van der Waals surface area contributed by atoms with Gasteiger partial charge < -0.3 is 5.32 Å². The number of nitrogens with one attached hydrogen (secondary N) is 1. The molecule has 0 saturated heterocycles. The summed E-state index contributed by atoms with van der Waals surface area (Å²) in [6, 6.07) is 0.213. The fourth-order valence-electron chi connectivity index (χ4n) is 1.46. The molecule has 0 aromatic heterocycles. The van der Waals surface area contributed by atoms with E-state index in [1.807, 2.05) is 26.1 Å². The quantitative estimate of drug-likeness (QED) is 0.740. The van der Waals surface area contributed by atoms with Crippen molar-refractivity contribution < 1.29 is 4.21 Å². The molecule has 3 heteroatoms. The lowest BCUT2D eigenvalue weighted by molar-refractivity contribution is 0.676. The minimum atomic E-state index is -0.874. The van der Waals surface area contributed by atoms with Crippen LogP contribution in [0.4, 0.5) is 0 Å². The molecular formula is C10H15NOS. The summed E-state index contributed by atoms with van der Waals surface area (Å²) in [6.45, 7) is 5.64. The first kappa shape index (κ1) is 10.4. The predicted molar refractivity (Wildman–Crippen MR) is 57.9 cm³/mol. The van der Waals surface area contributed by atoms with Crippen molar-refractivity contribution in [3.05, 3.63) is 35.3 Å². The van der Waals surface area contributed by atoms with Crippen molar-refractivity contribution in [2.24, 2.45) is 0 Å². The Labute approximate surface area is 81.9 Å². The van der Waals surface area contributed by atoms with Crippen LogP contribution in [0.25, 0.3) is 0 Å². The number of hydrogen-bond donors (Lipinski definition) is 1. The molecule has 2 unspecified atom stereocenters. The Hall–Kier alpha value is -0.670. The van der Waals surface area contributed by atoms with Crippen molar-refractivity contribution in [1.82, 2.24) is 5.32 Å². The molecule has 1 heterocycles. The molecule has 1 aliphatic heterocycles. The summed E-state index contributed by atoms with van der Waals surface area (Å²) >= 11 is 0. The summed E-state index contributed by atoms with van der Waals surface area (Å²) in [4.78, 5) is 0.873. The third-order valence-electron chi connectivity index (χ3n) is 2.10. The monoisotopic (exact) mass is 197 g/mol. The van der Waals surface area contributed by atoms with Crippen molar-refractivity contribution in [2.45, 2.75) is 13.0 Å². The second-order valence-electron chi connectivity index (χ2n) is 2.88. The second-order valence-corrected chi connectivity index (χ2v) is 4.34. The van der Waals surface area contributed by atoms with Gasteiger partial charge in [0, 0.05) is 16.7 Å². The van der Waals surface area contributed by atoms with E-state index in [0.717, 1.165) is 10.5 Å². The van der Waals surface area contributed by atoms with Gasteiger partial charge in [0.1, 0.15) is 0 Å². The van der Waals surface area contributed by atoms with Gasteiger partial charge in [-0.1, -0.05) is 24.8 Å². The van der Waals surface area contributed by atoms with Crippen LogP contribution in [-0.2, 0) is 10.8 Å². The van der Waals surface area contributed by atoms with E-state index in [1.165, 1.54) is 0 Å². The van der Waals surface area contributed by atoms with Gasteiger partial charge in [0.05, 0.1) is 10.8 Å². The van der Waals surface area contributed by atoms with Gasteiger partial charge in [-0.15, -0.1) is 0 Å². The number of hydrogen-bond acceptors (Lipinski definition) is 2. The maximum atomic E-state index is 11.6. The molecule has 0 spiro atoms. The Morgan fingerprint density at radius 2 is 2.38 bits per heavy atom. The number of rotatable bonds is 3. The van der Waals surface area contributed by atoms with Crippen LogP contribution in [0.15, 0.2) is 35.3 Å². The van der Waals surface area contributed by atoms with Crippen LogP contribution in [-0.4, -0.2) is 23.1 Å². The molecule has 1 rings (SSSR count). The molecule has 0 fully saturated rings. The van der Waals surface area contributed by atoms with Gasteiger partial charge in [0.2, 0.25) is 0 Å². The Kier molecular flexibility index (Phi) is 3.63. The minimum absolute atomic E-state index is 0.213. The predicted octanol–water partition coefficient (Wildman–Crippen LogP) is 1.35. The highest BCUT2D eigenvalue weighted by molar-refractivity contribution is 7.89. The van der Waals surface area contributed by atoms with E-state index < -0.39 is 10.8 Å². The van der Waals surface area contributed by atoms with Gasteiger partial charge in [0.25, 0.3) is 0 Å². The standard InChI is InChI=1S/C10H15NOS/c1-4-6-8-9(11-3)7-13(12)10(8)5-2/h4-6,9,11H,2,7H2,1,3H3/b6-4-. The molecule has 2 nitrogen and oxygen atoms in total. The van der Waals surface area contributed by atoms with Gasteiger partial charge in [-0.25, -0.2) is 0 Å². The van der Waals surface area contributed by atoms with Crippen LogP contribution in [0.2, 0.25) is 0 Å². The molecule has 2 atom stereocenters. The van der Waals surface area contributed by atoms with Gasteiger partial charge in [-0.3, -0.25) is 4.21 Å². The number of likely N-dealkylation sites (N-methyl/N-ethyl adjacent to an activating group) is 1. The van der Waals surface area contributed by atoms with E-state index in [0.29, 0.717) is 5.75 Å². The Bertz CT molecular complexity index is 291. The van der Waals surface area contributed by atoms with Gasteiger partial charge in [0.15, 0.2) is 0 Å². The van der Waals surface area contributed by atoms with Crippen molar-refractivity contribution in [3.8, 4) is 0 Å². The third kappa shape index (κ3) is 1.98. The summed E-state index contributed by atoms with van der Waals surface area (Å²) in [7, 11) is 1.01. The van der Waals surface area contributed by atoms with Crippen LogP contribution in [0.5, 0.6) is 0 Å². The second kappa shape index (κ2) is 4.53. The molecule has 72 valence electrons. The smallest absolute Gasteiger partial charge is 0.0552 e. The fraction of sp³-hybridized carbons (Fsp3) is 0.400. The number of allylic oxidation sites excluding steroid dienone is 2. The van der Waals surface area contributed by atoms with E-state index in [4.69, 9.17) is 0 Å². The van der Waals surface area contributed by atoms with Crippen molar-refractivity contribution in [2.75, 3.05) is 12.8 Å². The summed E-state index contributed by atoms with van der Waals surface area (Å²) in [6.07, 6.45) is 5.66. The maximum Gasteiger partial charge on any atom is 0.0552 e. The normalized spacial score (nSPS) is 28.8. The fourth-order valence-corrected chi connectivity index (χ4v) is 2.95. The molecular weight excluding hydrogens is 182 g/mol. The van der Waals surface area contributed by atoms with E-state index in [1.54, 1.807) is 6.08 Å². The largest absolute Gasteiger partial charge is 0.312 e. The van der Waals surface area contributed by atoms with Crippen molar-refractivity contribution in [1.29, 1.82) is 0 Å². The lowest BCUT2D eigenvalue weighted by atomic mass is 10.1. The Balaban J connectivity index is 3.07. The summed E-state index contributed by atoms with van der Waals surface area (Å²) < 4.78 is 11.6. The van der Waals surface area contributed by atoms with E-state index in [2.05, 4.69) is 11.9 Å². The average Bonchev–Trinajstić information content (AvgIpc) is 2.43. The first-order chi connectivity index (χ1) is 6.24. The molecule has 13 heavy (non-hydrogen) atoms. The molecule has 0 bridgehead atoms. The summed E-state index contributed by atoms with van der Waals surface area (Å²) in [5, 5.41) is 3.14. The zero-order valence-electron chi connectivity index (χ0n) is 8.04. The zero-order chi connectivity index (χ0) is 9.84.